The van der Waals surface area contributed by atoms with Gasteiger partial charge >= 0.3 is 0 Å². The average molecular weight is 269 g/mol. The Morgan fingerprint density at radius 1 is 1.10 bits per heavy atom. The summed E-state index contributed by atoms with van der Waals surface area (Å²) in [6.45, 7) is 5.10. The Balaban J connectivity index is 1.87. The molecule has 2 nitrogen and oxygen atoms in total. The monoisotopic (exact) mass is 269 g/mol. The lowest BCUT2D eigenvalue weighted by Gasteiger charge is -2.16. The summed E-state index contributed by atoms with van der Waals surface area (Å²) in [4.78, 5) is 0. The number of furan rings is 1. The van der Waals surface area contributed by atoms with Crippen molar-refractivity contribution in [3.05, 3.63) is 47.4 Å². The number of benzene rings is 1. The fraction of sp³-hybridized carbons (Fsp3) is 0.444. The van der Waals surface area contributed by atoms with E-state index < -0.39 is 0 Å². The van der Waals surface area contributed by atoms with Crippen molar-refractivity contribution in [3.63, 3.8) is 0 Å². The second-order valence-corrected chi connectivity index (χ2v) is 5.98. The maximum absolute atomic E-state index is 5.65. The lowest BCUT2D eigenvalue weighted by molar-refractivity contribution is 0.466. The van der Waals surface area contributed by atoms with E-state index in [4.69, 9.17) is 4.42 Å². The Hall–Kier alpha value is -1.54. The van der Waals surface area contributed by atoms with E-state index in [-0.39, 0.29) is 0 Å². The van der Waals surface area contributed by atoms with Gasteiger partial charge in [-0.3, -0.25) is 0 Å². The second kappa shape index (κ2) is 5.84. The van der Waals surface area contributed by atoms with Crippen LogP contribution in [0.15, 0.2) is 34.9 Å². The molecule has 1 heterocycles. The molecule has 0 fully saturated rings. The lowest BCUT2D eigenvalue weighted by Crippen LogP contribution is -2.21. The minimum Gasteiger partial charge on any atom is -0.467 e. The predicted molar refractivity (Wildman–Crippen MR) is 82.8 cm³/mol. The Bertz CT molecular complexity index is 583. The van der Waals surface area contributed by atoms with E-state index in [1.807, 2.05) is 0 Å². The molecule has 1 aromatic heterocycles. The summed E-state index contributed by atoms with van der Waals surface area (Å²) in [6, 6.07) is 9.46. The third-order valence-corrected chi connectivity index (χ3v) is 4.08. The zero-order valence-corrected chi connectivity index (χ0v) is 12.4. The first-order valence-electron chi connectivity index (χ1n) is 7.66. The summed E-state index contributed by atoms with van der Waals surface area (Å²) in [5.74, 6) is 1.04. The zero-order chi connectivity index (χ0) is 13.9. The van der Waals surface area contributed by atoms with Gasteiger partial charge in [-0.2, -0.15) is 0 Å². The topological polar surface area (TPSA) is 25.2 Å². The summed E-state index contributed by atoms with van der Waals surface area (Å²) in [6.07, 6.45) is 6.92. The lowest BCUT2D eigenvalue weighted by atomic mass is 9.89. The highest BCUT2D eigenvalue weighted by atomic mass is 16.3. The van der Waals surface area contributed by atoms with Crippen molar-refractivity contribution in [1.29, 1.82) is 0 Å². The highest BCUT2D eigenvalue weighted by Gasteiger charge is 2.13. The molecule has 1 aromatic carbocycles. The number of aryl methyl sites for hydroxylation is 2. The molecule has 1 aliphatic carbocycles. The molecule has 0 bridgehead atoms. The van der Waals surface area contributed by atoms with Gasteiger partial charge in [0.05, 0.1) is 12.8 Å². The third-order valence-electron chi connectivity index (χ3n) is 4.08. The van der Waals surface area contributed by atoms with Crippen LogP contribution >= 0.6 is 0 Å². The quantitative estimate of drug-likeness (QED) is 0.894. The molecule has 2 heteroatoms. The van der Waals surface area contributed by atoms with E-state index in [1.165, 1.54) is 47.9 Å². The molecule has 0 amide bonds. The van der Waals surface area contributed by atoms with Gasteiger partial charge < -0.3 is 9.73 Å². The molecule has 1 aliphatic rings. The van der Waals surface area contributed by atoms with E-state index >= 15 is 0 Å². The molecular weight excluding hydrogens is 246 g/mol. The first kappa shape index (κ1) is 13.4. The van der Waals surface area contributed by atoms with Gasteiger partial charge in [-0.15, -0.1) is 0 Å². The minimum absolute atomic E-state index is 0.469. The molecule has 20 heavy (non-hydrogen) atoms. The van der Waals surface area contributed by atoms with Crippen molar-refractivity contribution in [2.45, 2.75) is 52.1 Å². The van der Waals surface area contributed by atoms with Crippen LogP contribution in [0.5, 0.6) is 0 Å². The van der Waals surface area contributed by atoms with Crippen molar-refractivity contribution in [1.82, 2.24) is 5.32 Å². The Morgan fingerprint density at radius 2 is 1.90 bits per heavy atom. The molecule has 1 N–H and O–H groups in total. The zero-order valence-electron chi connectivity index (χ0n) is 12.4. The standard InChI is InChI=1S/C18H23NO/c1-13(2)19-12-18-17(9-10-20-18)16-8-7-14-5-3-4-6-15(14)11-16/h7-11,13,19H,3-6,12H2,1-2H3. The number of hydrogen-bond acceptors (Lipinski definition) is 2. The third kappa shape index (κ3) is 2.80. The van der Waals surface area contributed by atoms with Crippen LogP contribution in [-0.2, 0) is 19.4 Å². The van der Waals surface area contributed by atoms with E-state index in [9.17, 15) is 0 Å². The first-order chi connectivity index (χ1) is 9.74. The van der Waals surface area contributed by atoms with Crippen LogP contribution < -0.4 is 5.32 Å². The highest BCUT2D eigenvalue weighted by Crippen LogP contribution is 2.30. The van der Waals surface area contributed by atoms with E-state index in [0.29, 0.717) is 6.04 Å². The maximum Gasteiger partial charge on any atom is 0.125 e. The minimum atomic E-state index is 0.469. The molecule has 0 radical (unpaired) electrons. The second-order valence-electron chi connectivity index (χ2n) is 5.98. The van der Waals surface area contributed by atoms with Crippen molar-refractivity contribution in [2.75, 3.05) is 0 Å². The van der Waals surface area contributed by atoms with Crippen LogP contribution in [0, 0.1) is 0 Å². The van der Waals surface area contributed by atoms with Crippen molar-refractivity contribution >= 4 is 0 Å². The van der Waals surface area contributed by atoms with E-state index in [2.05, 4.69) is 43.4 Å². The van der Waals surface area contributed by atoms with Gasteiger partial charge in [0, 0.05) is 11.6 Å². The maximum atomic E-state index is 5.65. The molecular formula is C18H23NO. The van der Waals surface area contributed by atoms with Crippen LogP contribution in [0.2, 0.25) is 0 Å². The van der Waals surface area contributed by atoms with Gasteiger partial charge in [0.2, 0.25) is 0 Å². The summed E-state index contributed by atoms with van der Waals surface area (Å²) in [5, 5.41) is 3.43. The molecule has 0 aliphatic heterocycles. The smallest absolute Gasteiger partial charge is 0.125 e. The SMILES string of the molecule is CC(C)NCc1occc1-c1ccc2c(c1)CCCC2. The predicted octanol–water partition coefficient (Wildman–Crippen LogP) is 4.32. The fourth-order valence-corrected chi connectivity index (χ4v) is 2.93. The molecule has 0 unspecified atom stereocenters. The summed E-state index contributed by atoms with van der Waals surface area (Å²) in [7, 11) is 0. The Morgan fingerprint density at radius 3 is 2.70 bits per heavy atom. The van der Waals surface area contributed by atoms with Crippen LogP contribution in [0.4, 0.5) is 0 Å². The normalized spacial score (nSPS) is 14.6. The van der Waals surface area contributed by atoms with Gasteiger partial charge in [-0.25, -0.2) is 0 Å². The molecule has 0 saturated heterocycles. The highest BCUT2D eigenvalue weighted by molar-refractivity contribution is 5.67. The van der Waals surface area contributed by atoms with E-state index in [1.54, 1.807) is 6.26 Å². The van der Waals surface area contributed by atoms with Gasteiger partial charge in [0.1, 0.15) is 5.76 Å². The van der Waals surface area contributed by atoms with Crippen molar-refractivity contribution in [2.24, 2.45) is 0 Å². The molecule has 2 aromatic rings. The summed E-state index contributed by atoms with van der Waals surface area (Å²) < 4.78 is 5.65. The molecule has 0 spiro atoms. The molecule has 3 rings (SSSR count). The van der Waals surface area contributed by atoms with Crippen molar-refractivity contribution < 1.29 is 4.42 Å². The van der Waals surface area contributed by atoms with Gasteiger partial charge in [0.25, 0.3) is 0 Å². The number of nitrogens with one attached hydrogen (secondary N) is 1. The largest absolute Gasteiger partial charge is 0.467 e. The number of hydrogen-bond donors (Lipinski definition) is 1. The van der Waals surface area contributed by atoms with Crippen LogP contribution in [0.25, 0.3) is 11.1 Å². The Labute approximate surface area is 121 Å². The van der Waals surface area contributed by atoms with Crippen LogP contribution in [-0.4, -0.2) is 6.04 Å². The number of rotatable bonds is 4. The molecule has 0 saturated carbocycles. The molecule has 0 atom stereocenters. The summed E-state index contributed by atoms with van der Waals surface area (Å²) >= 11 is 0. The summed E-state index contributed by atoms with van der Waals surface area (Å²) in [5.41, 5.74) is 5.58. The van der Waals surface area contributed by atoms with Gasteiger partial charge in [-0.1, -0.05) is 32.0 Å². The van der Waals surface area contributed by atoms with E-state index in [0.717, 1.165) is 12.3 Å². The number of fused-ring (bicyclic) bond motifs is 1. The van der Waals surface area contributed by atoms with Gasteiger partial charge in [-0.05, 0) is 48.4 Å². The van der Waals surface area contributed by atoms with Crippen LogP contribution in [0.1, 0.15) is 43.6 Å². The van der Waals surface area contributed by atoms with Crippen molar-refractivity contribution in [3.8, 4) is 11.1 Å². The Kier molecular flexibility index (Phi) is 3.93. The van der Waals surface area contributed by atoms with Gasteiger partial charge in [0.15, 0.2) is 0 Å². The fourth-order valence-electron chi connectivity index (χ4n) is 2.93. The first-order valence-corrected chi connectivity index (χ1v) is 7.66. The average Bonchev–Trinajstić information content (AvgIpc) is 2.93. The van der Waals surface area contributed by atoms with Crippen LogP contribution in [0.3, 0.4) is 0 Å². The molecule has 106 valence electrons.